The quantitative estimate of drug-likeness (QED) is 0.357. The van der Waals surface area contributed by atoms with Crippen LogP contribution in [0.1, 0.15) is 53.8 Å². The number of methoxy groups -OCH3 is 1. The molecule has 1 aromatic carbocycles. The van der Waals surface area contributed by atoms with Gasteiger partial charge in [0.25, 0.3) is 11.8 Å². The molecule has 1 aliphatic heterocycles. The fourth-order valence-corrected chi connectivity index (χ4v) is 5.65. The molecule has 39 heavy (non-hydrogen) atoms. The van der Waals surface area contributed by atoms with Gasteiger partial charge in [-0.3, -0.25) is 9.59 Å². The zero-order chi connectivity index (χ0) is 27.9. The smallest absolute Gasteiger partial charge is 0.298 e. The summed E-state index contributed by atoms with van der Waals surface area (Å²) in [5.41, 5.74) is 7.37. The Labute approximate surface area is 228 Å². The third-order valence-corrected chi connectivity index (χ3v) is 7.57. The van der Waals surface area contributed by atoms with Gasteiger partial charge in [0.15, 0.2) is 5.69 Å². The molecule has 5 rings (SSSR count). The predicted molar refractivity (Wildman–Crippen MR) is 143 cm³/mol. The number of fused-ring (bicyclic) bond motifs is 1. The molecule has 0 spiro atoms. The molecular weight excluding hydrogens is 517 g/mol. The zero-order valence-corrected chi connectivity index (χ0v) is 22.8. The average Bonchev–Trinajstić information content (AvgIpc) is 3.40. The minimum Gasteiger partial charge on any atom is -0.383 e. The van der Waals surface area contributed by atoms with Gasteiger partial charge < -0.3 is 25.3 Å². The van der Waals surface area contributed by atoms with Gasteiger partial charge >= 0.3 is 0 Å². The van der Waals surface area contributed by atoms with E-state index in [0.717, 1.165) is 18.4 Å². The van der Waals surface area contributed by atoms with Crippen LogP contribution in [-0.2, 0) is 14.7 Å². The fraction of sp³-hybridized carbons (Fsp3) is 0.407. The Balaban J connectivity index is 1.55. The number of rotatable bonds is 6. The number of nitrogens with two attached hydrogens (primary N) is 1. The largest absolute Gasteiger partial charge is 0.383 e. The Morgan fingerprint density at radius 3 is 2.74 bits per heavy atom. The van der Waals surface area contributed by atoms with Gasteiger partial charge in [-0.25, -0.2) is 14.1 Å². The first-order chi connectivity index (χ1) is 18.7. The van der Waals surface area contributed by atoms with Crippen LogP contribution >= 0.6 is 0 Å². The standard InChI is InChI=1S/C27H27FN7O3Si/c1-4-5-23(36)33-14-27(39,12-18(33)13-38-3)35-26(30-2)24(25(29)37)20(32-35)9-6-16-10-21-22(11-19(16)28)34(15-31-21)17-7-8-17/h10-11,15,17-18,30H,7-8,12-14H2,1-3H3,(H2,29,37)/t18-,27-/m1/s1. The van der Waals surface area contributed by atoms with E-state index in [2.05, 4.69) is 49.3 Å². The number of ether oxygens (including phenoxy) is 1. The number of hydrogen-bond donors (Lipinski definition) is 2. The number of amides is 2. The molecule has 3 heterocycles. The maximum atomic E-state index is 15.0. The number of primary amides is 1. The molecule has 3 N–H and O–H groups in total. The van der Waals surface area contributed by atoms with Crippen molar-refractivity contribution in [3.8, 4) is 23.7 Å². The highest BCUT2D eigenvalue weighted by atomic mass is 28.1. The lowest BCUT2D eigenvalue weighted by Crippen LogP contribution is -2.41. The number of imidazole rings is 1. The molecule has 2 amide bonds. The molecule has 0 unspecified atom stereocenters. The van der Waals surface area contributed by atoms with Crippen LogP contribution in [0.2, 0.25) is 0 Å². The molecule has 2 atom stereocenters. The maximum Gasteiger partial charge on any atom is 0.298 e. The highest BCUT2D eigenvalue weighted by molar-refractivity contribution is 6.15. The number of likely N-dealkylation sites (tertiary alicyclic amines) is 1. The van der Waals surface area contributed by atoms with E-state index < -0.39 is 16.9 Å². The van der Waals surface area contributed by atoms with Crippen LogP contribution in [0.25, 0.3) is 11.0 Å². The number of carbonyl (C=O) groups is 2. The molecule has 2 fully saturated rings. The van der Waals surface area contributed by atoms with Crippen molar-refractivity contribution in [2.45, 2.75) is 43.4 Å². The summed E-state index contributed by atoms with van der Waals surface area (Å²) >= 11 is 0. The average molecular weight is 545 g/mol. The molecule has 199 valence electrons. The van der Waals surface area contributed by atoms with Crippen molar-refractivity contribution >= 4 is 38.9 Å². The number of hydrogen-bond acceptors (Lipinski definition) is 6. The summed E-state index contributed by atoms with van der Waals surface area (Å²) < 4.78 is 23.9. The van der Waals surface area contributed by atoms with E-state index in [-0.39, 0.29) is 41.9 Å². The van der Waals surface area contributed by atoms with E-state index >= 15 is 4.39 Å². The highest BCUT2D eigenvalue weighted by Gasteiger charge is 2.46. The van der Waals surface area contributed by atoms with Crippen molar-refractivity contribution in [3.63, 3.8) is 0 Å². The van der Waals surface area contributed by atoms with E-state index in [1.807, 2.05) is 4.57 Å². The second kappa shape index (κ2) is 10.2. The van der Waals surface area contributed by atoms with Crippen LogP contribution in [0, 0.1) is 29.5 Å². The van der Waals surface area contributed by atoms with Crippen molar-refractivity contribution in [2.75, 3.05) is 32.6 Å². The second-order valence-corrected chi connectivity index (χ2v) is 10.6. The van der Waals surface area contributed by atoms with E-state index in [9.17, 15) is 9.59 Å². The van der Waals surface area contributed by atoms with Crippen LogP contribution < -0.4 is 11.1 Å². The fourth-order valence-electron chi connectivity index (χ4n) is 5.08. The van der Waals surface area contributed by atoms with E-state index in [0.29, 0.717) is 23.8 Å². The van der Waals surface area contributed by atoms with Crippen molar-refractivity contribution in [1.82, 2.24) is 24.2 Å². The SMILES string of the molecule is CC#CC(=O)N1C[C@@]([Si])(n2nc(C#Cc3cc4ncn(C5CC5)c4cc3F)c(C(N)=O)c2NC)C[C@@H]1COC. The Morgan fingerprint density at radius 2 is 2.10 bits per heavy atom. The monoisotopic (exact) mass is 544 g/mol. The molecule has 12 heteroatoms. The van der Waals surface area contributed by atoms with Crippen LogP contribution in [0.5, 0.6) is 0 Å². The van der Waals surface area contributed by atoms with Crippen LogP contribution in [0.15, 0.2) is 18.5 Å². The molecule has 1 aliphatic carbocycles. The lowest BCUT2D eigenvalue weighted by Gasteiger charge is -2.26. The van der Waals surface area contributed by atoms with Crippen molar-refractivity contribution in [3.05, 3.63) is 41.1 Å². The lowest BCUT2D eigenvalue weighted by molar-refractivity contribution is -0.126. The van der Waals surface area contributed by atoms with Gasteiger partial charge in [-0.2, -0.15) is 5.10 Å². The van der Waals surface area contributed by atoms with Crippen LogP contribution in [0.4, 0.5) is 10.2 Å². The lowest BCUT2D eigenvalue weighted by atomic mass is 10.1. The summed E-state index contributed by atoms with van der Waals surface area (Å²) in [4.78, 5) is 31.2. The van der Waals surface area contributed by atoms with Crippen molar-refractivity contribution < 1.29 is 18.7 Å². The third-order valence-electron chi connectivity index (χ3n) is 6.99. The summed E-state index contributed by atoms with van der Waals surface area (Å²) in [7, 11) is 7.01. The number of aromatic nitrogens is 4. The normalized spacial score (nSPS) is 20.3. The van der Waals surface area contributed by atoms with Gasteiger partial charge in [0.05, 0.1) is 51.0 Å². The Kier molecular flexibility index (Phi) is 6.93. The molecule has 1 saturated carbocycles. The van der Waals surface area contributed by atoms with E-state index in [1.54, 1.807) is 43.1 Å². The third kappa shape index (κ3) is 4.78. The molecule has 0 bridgehead atoms. The van der Waals surface area contributed by atoms with Crippen molar-refractivity contribution in [2.24, 2.45) is 5.73 Å². The van der Waals surface area contributed by atoms with Gasteiger partial charge in [0, 0.05) is 32.8 Å². The van der Waals surface area contributed by atoms with E-state index in [4.69, 9.17) is 10.5 Å². The van der Waals surface area contributed by atoms with E-state index in [1.165, 1.54) is 6.07 Å². The topological polar surface area (TPSA) is 120 Å². The first-order valence-corrected chi connectivity index (χ1v) is 13.0. The van der Waals surface area contributed by atoms with Crippen molar-refractivity contribution in [1.29, 1.82) is 0 Å². The first-order valence-electron chi connectivity index (χ1n) is 12.5. The number of halogens is 1. The van der Waals surface area contributed by atoms with Gasteiger partial charge in [-0.05, 0) is 44.1 Å². The number of nitrogens with one attached hydrogen (secondary N) is 1. The number of benzene rings is 1. The van der Waals surface area contributed by atoms with Gasteiger partial charge in [-0.15, -0.1) is 0 Å². The Bertz CT molecular complexity index is 1600. The first kappa shape index (κ1) is 26.5. The molecule has 2 aliphatic rings. The molecule has 3 aromatic rings. The minimum absolute atomic E-state index is 0.0588. The molecule has 2 aromatic heterocycles. The molecule has 10 nitrogen and oxygen atoms in total. The zero-order valence-electron chi connectivity index (χ0n) is 21.8. The summed E-state index contributed by atoms with van der Waals surface area (Å²) in [6.45, 7) is 2.07. The number of carbonyl (C=O) groups excluding carboxylic acids is 2. The maximum absolute atomic E-state index is 15.0. The summed E-state index contributed by atoms with van der Waals surface area (Å²) in [6, 6.07) is 3.10. The number of nitrogens with zero attached hydrogens (tertiary/aromatic N) is 5. The van der Waals surface area contributed by atoms with Gasteiger partial charge in [0.2, 0.25) is 0 Å². The Hall–Kier alpha value is -4.13. The van der Waals surface area contributed by atoms with Crippen LogP contribution in [0.3, 0.4) is 0 Å². The van der Waals surface area contributed by atoms with Crippen LogP contribution in [-0.4, -0.2) is 79.6 Å². The predicted octanol–water partition coefficient (Wildman–Crippen LogP) is 1.34. The summed E-state index contributed by atoms with van der Waals surface area (Å²) in [5, 5.41) is 6.68. The summed E-state index contributed by atoms with van der Waals surface area (Å²) in [5.74, 6) is 9.58. The molecule has 1 saturated heterocycles. The molecular formula is C27H27FN7O3Si. The summed E-state index contributed by atoms with van der Waals surface area (Å²) in [6.07, 6.45) is 4.24. The Morgan fingerprint density at radius 1 is 1.33 bits per heavy atom. The number of anilines is 1. The second-order valence-electron chi connectivity index (χ2n) is 9.70. The minimum atomic E-state index is -0.920. The van der Waals surface area contributed by atoms with Gasteiger partial charge in [-0.1, -0.05) is 11.8 Å². The van der Waals surface area contributed by atoms with Gasteiger partial charge in [0.1, 0.15) is 17.2 Å². The highest BCUT2D eigenvalue weighted by Crippen LogP contribution is 2.38. The molecule has 3 radical (unpaired) electrons.